The van der Waals surface area contributed by atoms with E-state index in [1.54, 1.807) is 7.11 Å². The second-order valence-corrected chi connectivity index (χ2v) is 3.47. The third-order valence-electron chi connectivity index (χ3n) is 2.11. The molecule has 0 aromatic heterocycles. The molecule has 0 aliphatic rings. The summed E-state index contributed by atoms with van der Waals surface area (Å²) in [7, 11) is 3.68. The minimum Gasteiger partial charge on any atom is -0.385 e. The molecule has 0 aliphatic carbocycles. The fourth-order valence-electron chi connectivity index (χ4n) is 1.17. The first kappa shape index (κ1) is 14.2. The summed E-state index contributed by atoms with van der Waals surface area (Å²) in [6, 6.07) is 0. The number of aliphatic imine (C=N–C) groups is 1. The Balaban J connectivity index is 3.86. The second-order valence-electron chi connectivity index (χ2n) is 3.47. The number of nitrogens with one attached hydrogen (secondary N) is 1. The molecule has 0 rings (SSSR count). The molecule has 0 spiro atoms. The first-order valence-electron chi connectivity index (χ1n) is 5.47. The van der Waals surface area contributed by atoms with Crippen LogP contribution in [-0.2, 0) is 4.74 Å². The van der Waals surface area contributed by atoms with Gasteiger partial charge in [0.15, 0.2) is 0 Å². The maximum absolute atomic E-state index is 5.41. The standard InChI is InChI=1S/C10H24N4O/c1-4-5-7-12-10(13-11)14(2)8-6-9-15-3/h4-9,11H2,1-3H3,(H,12,13). The molecule has 0 heterocycles. The summed E-state index contributed by atoms with van der Waals surface area (Å²) >= 11 is 0. The molecule has 15 heavy (non-hydrogen) atoms. The summed E-state index contributed by atoms with van der Waals surface area (Å²) < 4.78 is 4.99. The van der Waals surface area contributed by atoms with Crippen molar-refractivity contribution in [2.75, 3.05) is 33.9 Å². The van der Waals surface area contributed by atoms with Crippen LogP contribution in [0.2, 0.25) is 0 Å². The van der Waals surface area contributed by atoms with Gasteiger partial charge in [-0.2, -0.15) is 0 Å². The van der Waals surface area contributed by atoms with Crippen LogP contribution in [0.25, 0.3) is 0 Å². The lowest BCUT2D eigenvalue weighted by atomic mass is 10.3. The Morgan fingerprint density at radius 1 is 1.47 bits per heavy atom. The van der Waals surface area contributed by atoms with Crippen molar-refractivity contribution in [1.82, 2.24) is 10.3 Å². The lowest BCUT2D eigenvalue weighted by Crippen LogP contribution is -2.43. The first-order chi connectivity index (χ1) is 7.26. The van der Waals surface area contributed by atoms with Gasteiger partial charge in [-0.25, -0.2) is 5.84 Å². The van der Waals surface area contributed by atoms with Crippen LogP contribution in [-0.4, -0.2) is 44.7 Å². The molecule has 0 aliphatic heterocycles. The average Bonchev–Trinajstić information content (AvgIpc) is 2.24. The van der Waals surface area contributed by atoms with Gasteiger partial charge in [0.05, 0.1) is 0 Å². The Kier molecular flexibility index (Phi) is 9.21. The predicted molar refractivity (Wildman–Crippen MR) is 63.7 cm³/mol. The fraction of sp³-hybridized carbons (Fsp3) is 0.900. The van der Waals surface area contributed by atoms with E-state index in [9.17, 15) is 0 Å². The highest BCUT2D eigenvalue weighted by Gasteiger charge is 2.03. The lowest BCUT2D eigenvalue weighted by molar-refractivity contribution is 0.188. The van der Waals surface area contributed by atoms with Crippen LogP contribution in [0.1, 0.15) is 26.2 Å². The first-order valence-corrected chi connectivity index (χ1v) is 5.47. The van der Waals surface area contributed by atoms with Gasteiger partial charge in [0.1, 0.15) is 0 Å². The zero-order valence-corrected chi connectivity index (χ0v) is 10.1. The van der Waals surface area contributed by atoms with E-state index in [1.807, 2.05) is 11.9 Å². The Morgan fingerprint density at radius 3 is 2.73 bits per heavy atom. The number of unbranched alkanes of at least 4 members (excludes halogenated alkanes) is 1. The van der Waals surface area contributed by atoms with Gasteiger partial charge in [0, 0.05) is 33.9 Å². The van der Waals surface area contributed by atoms with Gasteiger partial charge in [-0.3, -0.25) is 10.4 Å². The van der Waals surface area contributed by atoms with Gasteiger partial charge >= 0.3 is 0 Å². The predicted octanol–water partition coefficient (Wildman–Crippen LogP) is 0.574. The SMILES string of the molecule is CCCCN=C(NN)N(C)CCCOC. The topological polar surface area (TPSA) is 62.9 Å². The van der Waals surface area contributed by atoms with Crippen LogP contribution in [0.5, 0.6) is 0 Å². The van der Waals surface area contributed by atoms with Gasteiger partial charge in [-0.05, 0) is 12.8 Å². The largest absolute Gasteiger partial charge is 0.385 e. The van der Waals surface area contributed by atoms with Crippen molar-refractivity contribution in [3.63, 3.8) is 0 Å². The highest BCUT2D eigenvalue weighted by molar-refractivity contribution is 5.79. The number of guanidine groups is 1. The molecular formula is C10H24N4O. The van der Waals surface area contributed by atoms with Gasteiger partial charge < -0.3 is 9.64 Å². The number of hydrazine groups is 1. The van der Waals surface area contributed by atoms with Crippen LogP contribution in [0.15, 0.2) is 4.99 Å². The van der Waals surface area contributed by atoms with E-state index < -0.39 is 0 Å². The molecule has 90 valence electrons. The van der Waals surface area contributed by atoms with E-state index in [0.29, 0.717) is 0 Å². The van der Waals surface area contributed by atoms with Crippen LogP contribution in [0.4, 0.5) is 0 Å². The molecule has 3 N–H and O–H groups in total. The van der Waals surface area contributed by atoms with Gasteiger partial charge in [0.2, 0.25) is 5.96 Å². The summed E-state index contributed by atoms with van der Waals surface area (Å²) in [5.74, 6) is 6.16. The maximum Gasteiger partial charge on any atom is 0.208 e. The van der Waals surface area contributed by atoms with Crippen molar-refractivity contribution in [2.24, 2.45) is 10.8 Å². The summed E-state index contributed by atoms with van der Waals surface area (Å²) in [6.45, 7) is 4.62. The smallest absolute Gasteiger partial charge is 0.208 e. The Bertz CT molecular complexity index is 173. The number of methoxy groups -OCH3 is 1. The maximum atomic E-state index is 5.41. The van der Waals surface area contributed by atoms with Crippen LogP contribution in [0.3, 0.4) is 0 Å². The Labute approximate surface area is 92.7 Å². The molecule has 0 aromatic rings. The molecule has 0 atom stereocenters. The van der Waals surface area contributed by atoms with Crippen molar-refractivity contribution in [3.05, 3.63) is 0 Å². The monoisotopic (exact) mass is 216 g/mol. The van der Waals surface area contributed by atoms with Crippen molar-refractivity contribution in [2.45, 2.75) is 26.2 Å². The number of hydrogen-bond donors (Lipinski definition) is 2. The summed E-state index contributed by atoms with van der Waals surface area (Å²) in [6.07, 6.45) is 3.22. The van der Waals surface area contributed by atoms with E-state index in [4.69, 9.17) is 10.6 Å². The third-order valence-corrected chi connectivity index (χ3v) is 2.11. The molecular weight excluding hydrogens is 192 g/mol. The molecule has 0 bridgehead atoms. The molecule has 0 amide bonds. The molecule has 0 saturated carbocycles. The van der Waals surface area contributed by atoms with Crippen molar-refractivity contribution in [1.29, 1.82) is 0 Å². The zero-order chi connectivity index (χ0) is 11.5. The number of nitrogens with two attached hydrogens (primary N) is 1. The number of nitrogens with zero attached hydrogens (tertiary/aromatic N) is 2. The summed E-state index contributed by atoms with van der Waals surface area (Å²) in [4.78, 5) is 6.38. The summed E-state index contributed by atoms with van der Waals surface area (Å²) in [5, 5.41) is 0. The van der Waals surface area contributed by atoms with Crippen molar-refractivity contribution >= 4 is 5.96 Å². The number of hydrogen-bond acceptors (Lipinski definition) is 3. The minimum atomic E-state index is 0.750. The van der Waals surface area contributed by atoms with E-state index in [1.165, 1.54) is 0 Å². The minimum absolute atomic E-state index is 0.750. The molecule has 0 radical (unpaired) electrons. The highest BCUT2D eigenvalue weighted by atomic mass is 16.5. The molecule has 0 aromatic carbocycles. The van der Waals surface area contributed by atoms with Gasteiger partial charge in [0.25, 0.3) is 0 Å². The van der Waals surface area contributed by atoms with Crippen LogP contribution in [0, 0.1) is 0 Å². The summed E-state index contributed by atoms with van der Waals surface area (Å²) in [5.41, 5.74) is 2.62. The average molecular weight is 216 g/mol. The fourth-order valence-corrected chi connectivity index (χ4v) is 1.17. The van der Waals surface area contributed by atoms with E-state index in [2.05, 4.69) is 17.3 Å². The quantitative estimate of drug-likeness (QED) is 0.215. The van der Waals surface area contributed by atoms with E-state index >= 15 is 0 Å². The van der Waals surface area contributed by atoms with E-state index in [-0.39, 0.29) is 0 Å². The lowest BCUT2D eigenvalue weighted by Gasteiger charge is -2.20. The van der Waals surface area contributed by atoms with Crippen LogP contribution >= 0.6 is 0 Å². The van der Waals surface area contributed by atoms with Gasteiger partial charge in [-0.1, -0.05) is 13.3 Å². The van der Waals surface area contributed by atoms with Gasteiger partial charge in [-0.15, -0.1) is 0 Å². The second kappa shape index (κ2) is 9.73. The Morgan fingerprint density at radius 2 is 2.20 bits per heavy atom. The van der Waals surface area contributed by atoms with Crippen molar-refractivity contribution in [3.8, 4) is 0 Å². The van der Waals surface area contributed by atoms with Crippen molar-refractivity contribution < 1.29 is 4.74 Å². The zero-order valence-electron chi connectivity index (χ0n) is 10.1. The molecule has 0 unspecified atom stereocenters. The number of ether oxygens (including phenoxy) is 1. The Hall–Kier alpha value is -0.810. The van der Waals surface area contributed by atoms with E-state index in [0.717, 1.165) is 44.9 Å². The molecule has 0 saturated heterocycles. The highest BCUT2D eigenvalue weighted by Crippen LogP contribution is 1.92. The molecule has 5 nitrogen and oxygen atoms in total. The van der Waals surface area contributed by atoms with Crippen LogP contribution < -0.4 is 11.3 Å². The number of rotatable bonds is 7. The normalized spacial score (nSPS) is 11.6. The molecule has 5 heteroatoms. The molecule has 0 fully saturated rings. The third kappa shape index (κ3) is 7.16.